The number of aliphatic carboxylic acids is 1. The zero-order valence-corrected chi connectivity index (χ0v) is 11.4. The summed E-state index contributed by atoms with van der Waals surface area (Å²) in [6, 6.07) is 12.2. The summed E-state index contributed by atoms with van der Waals surface area (Å²) in [6.07, 6.45) is 4.82. The number of carboxylic acids is 1. The Morgan fingerprint density at radius 3 is 2.26 bits per heavy atom. The summed E-state index contributed by atoms with van der Waals surface area (Å²) in [5, 5.41) is 11.3. The third kappa shape index (κ3) is 3.34. The van der Waals surface area contributed by atoms with E-state index in [2.05, 4.69) is 19.1 Å². The van der Waals surface area contributed by atoms with Gasteiger partial charge in [0.2, 0.25) is 0 Å². The number of unbranched alkanes of at least 4 members (excludes halogenated alkanes) is 2. The fourth-order valence-electron chi connectivity index (χ4n) is 2.54. The molecule has 0 saturated carbocycles. The Kier molecular flexibility index (Phi) is 4.56. The molecule has 0 atom stereocenters. The molecule has 100 valence electrons. The van der Waals surface area contributed by atoms with Crippen LogP contribution in [0, 0.1) is 0 Å². The summed E-state index contributed by atoms with van der Waals surface area (Å²) in [6.45, 7) is 2.20. The van der Waals surface area contributed by atoms with E-state index < -0.39 is 5.97 Å². The molecule has 0 spiro atoms. The number of fused-ring (bicyclic) bond motifs is 1. The van der Waals surface area contributed by atoms with Gasteiger partial charge in [0.05, 0.1) is 6.42 Å². The van der Waals surface area contributed by atoms with Crippen molar-refractivity contribution in [2.45, 2.75) is 39.0 Å². The van der Waals surface area contributed by atoms with Crippen LogP contribution < -0.4 is 0 Å². The highest BCUT2D eigenvalue weighted by Gasteiger charge is 2.07. The third-order valence-electron chi connectivity index (χ3n) is 3.49. The normalized spacial score (nSPS) is 10.8. The Hall–Kier alpha value is -1.83. The van der Waals surface area contributed by atoms with Crippen molar-refractivity contribution in [1.82, 2.24) is 0 Å². The van der Waals surface area contributed by atoms with E-state index in [-0.39, 0.29) is 6.42 Å². The van der Waals surface area contributed by atoms with Gasteiger partial charge in [0.25, 0.3) is 0 Å². The summed E-state index contributed by atoms with van der Waals surface area (Å²) in [7, 11) is 0. The molecule has 0 aromatic heterocycles. The molecule has 0 aliphatic carbocycles. The van der Waals surface area contributed by atoms with Gasteiger partial charge in [-0.3, -0.25) is 4.79 Å². The second kappa shape index (κ2) is 6.37. The van der Waals surface area contributed by atoms with Crippen LogP contribution in [0.15, 0.2) is 36.4 Å². The predicted molar refractivity (Wildman–Crippen MR) is 78.5 cm³/mol. The Morgan fingerprint density at radius 1 is 1.00 bits per heavy atom. The maximum absolute atomic E-state index is 10.9. The van der Waals surface area contributed by atoms with E-state index in [0.717, 1.165) is 17.4 Å². The highest BCUT2D eigenvalue weighted by molar-refractivity contribution is 5.91. The van der Waals surface area contributed by atoms with Gasteiger partial charge in [-0.25, -0.2) is 0 Å². The molecule has 0 fully saturated rings. The quantitative estimate of drug-likeness (QED) is 0.786. The summed E-state index contributed by atoms with van der Waals surface area (Å²) in [4.78, 5) is 10.9. The summed E-state index contributed by atoms with van der Waals surface area (Å²) in [5.74, 6) is -0.774. The summed E-state index contributed by atoms with van der Waals surface area (Å²) < 4.78 is 0. The molecule has 0 aliphatic rings. The number of carbonyl (C=O) groups is 1. The number of benzene rings is 2. The number of carboxylic acid groups (broad SMARTS) is 1. The molecule has 2 aromatic rings. The molecule has 1 N–H and O–H groups in total. The predicted octanol–water partition coefficient (Wildman–Crippen LogP) is 4.20. The van der Waals surface area contributed by atoms with Crippen LogP contribution in [0.4, 0.5) is 0 Å². The molecule has 0 radical (unpaired) electrons. The van der Waals surface area contributed by atoms with Crippen LogP contribution in [0.3, 0.4) is 0 Å². The van der Waals surface area contributed by atoms with E-state index in [4.69, 9.17) is 5.11 Å². The number of aryl methyl sites for hydroxylation is 1. The number of hydrogen-bond acceptors (Lipinski definition) is 1. The first kappa shape index (κ1) is 13.6. The molecule has 0 saturated heterocycles. The van der Waals surface area contributed by atoms with Crippen LogP contribution in [0.2, 0.25) is 0 Å². The van der Waals surface area contributed by atoms with Gasteiger partial charge in [0.15, 0.2) is 0 Å². The molecule has 2 rings (SSSR count). The lowest BCUT2D eigenvalue weighted by Crippen LogP contribution is -2.01. The Morgan fingerprint density at radius 2 is 1.63 bits per heavy atom. The largest absolute Gasteiger partial charge is 0.481 e. The van der Waals surface area contributed by atoms with E-state index in [0.29, 0.717) is 0 Å². The number of hydrogen-bond donors (Lipinski definition) is 1. The Labute approximate surface area is 114 Å². The van der Waals surface area contributed by atoms with Crippen LogP contribution in [-0.4, -0.2) is 11.1 Å². The van der Waals surface area contributed by atoms with Crippen LogP contribution in [-0.2, 0) is 17.6 Å². The van der Waals surface area contributed by atoms with Gasteiger partial charge in [-0.2, -0.15) is 0 Å². The molecule has 0 amide bonds. The molecule has 0 unspecified atom stereocenters. The Bertz CT molecular complexity index is 572. The van der Waals surface area contributed by atoms with E-state index >= 15 is 0 Å². The van der Waals surface area contributed by atoms with E-state index in [1.165, 1.54) is 30.2 Å². The fourth-order valence-corrected chi connectivity index (χ4v) is 2.54. The first-order valence-corrected chi connectivity index (χ1v) is 6.93. The first-order valence-electron chi connectivity index (χ1n) is 6.93. The van der Waals surface area contributed by atoms with Gasteiger partial charge in [0.1, 0.15) is 0 Å². The fraction of sp³-hybridized carbons (Fsp3) is 0.353. The maximum atomic E-state index is 10.9. The molecular formula is C17H20O2. The zero-order chi connectivity index (χ0) is 13.7. The van der Waals surface area contributed by atoms with Gasteiger partial charge in [-0.15, -0.1) is 0 Å². The van der Waals surface area contributed by atoms with E-state index in [9.17, 15) is 4.79 Å². The van der Waals surface area contributed by atoms with Crippen molar-refractivity contribution in [3.63, 3.8) is 0 Å². The first-order chi connectivity index (χ1) is 9.22. The summed E-state index contributed by atoms with van der Waals surface area (Å²) >= 11 is 0. The third-order valence-corrected chi connectivity index (χ3v) is 3.49. The van der Waals surface area contributed by atoms with Crippen molar-refractivity contribution < 1.29 is 9.90 Å². The second-order valence-corrected chi connectivity index (χ2v) is 4.96. The maximum Gasteiger partial charge on any atom is 0.307 e. The van der Waals surface area contributed by atoms with Gasteiger partial charge in [-0.1, -0.05) is 56.2 Å². The minimum absolute atomic E-state index is 0.0930. The van der Waals surface area contributed by atoms with Gasteiger partial charge in [0, 0.05) is 0 Å². The second-order valence-electron chi connectivity index (χ2n) is 4.96. The van der Waals surface area contributed by atoms with Crippen LogP contribution in [0.1, 0.15) is 37.3 Å². The van der Waals surface area contributed by atoms with Crippen LogP contribution in [0.25, 0.3) is 10.8 Å². The van der Waals surface area contributed by atoms with Crippen molar-refractivity contribution in [2.75, 3.05) is 0 Å². The van der Waals surface area contributed by atoms with Crippen molar-refractivity contribution in [3.8, 4) is 0 Å². The average Bonchev–Trinajstić information content (AvgIpc) is 2.39. The molecule has 0 bridgehead atoms. The lowest BCUT2D eigenvalue weighted by molar-refractivity contribution is -0.136. The van der Waals surface area contributed by atoms with Gasteiger partial charge < -0.3 is 5.11 Å². The molecule has 2 aromatic carbocycles. The van der Waals surface area contributed by atoms with Crippen LogP contribution in [0.5, 0.6) is 0 Å². The van der Waals surface area contributed by atoms with Crippen molar-refractivity contribution in [2.24, 2.45) is 0 Å². The monoisotopic (exact) mass is 256 g/mol. The van der Waals surface area contributed by atoms with Gasteiger partial charge in [-0.05, 0) is 34.7 Å². The van der Waals surface area contributed by atoms with E-state index in [1.54, 1.807) is 0 Å². The number of rotatable bonds is 6. The molecule has 2 heteroatoms. The minimum Gasteiger partial charge on any atom is -0.481 e. The highest BCUT2D eigenvalue weighted by atomic mass is 16.4. The highest BCUT2D eigenvalue weighted by Crippen LogP contribution is 2.24. The lowest BCUT2D eigenvalue weighted by Gasteiger charge is -2.09. The van der Waals surface area contributed by atoms with Gasteiger partial charge >= 0.3 is 5.97 Å². The molecule has 2 nitrogen and oxygen atoms in total. The SMILES string of the molecule is CCCCCc1cccc2c(CC(=O)O)cccc12. The minimum atomic E-state index is -0.774. The smallest absolute Gasteiger partial charge is 0.307 e. The van der Waals surface area contributed by atoms with E-state index in [1.807, 2.05) is 24.3 Å². The molecule has 19 heavy (non-hydrogen) atoms. The molecule has 0 aliphatic heterocycles. The topological polar surface area (TPSA) is 37.3 Å². The van der Waals surface area contributed by atoms with Crippen molar-refractivity contribution >= 4 is 16.7 Å². The molecular weight excluding hydrogens is 236 g/mol. The summed E-state index contributed by atoms with van der Waals surface area (Å²) in [5.41, 5.74) is 2.24. The van der Waals surface area contributed by atoms with Crippen molar-refractivity contribution in [1.29, 1.82) is 0 Å². The standard InChI is InChI=1S/C17H20O2/c1-2-3-4-7-13-8-5-11-16-14(12-17(18)19)9-6-10-15(13)16/h5-6,8-11H,2-4,7,12H2,1H3,(H,18,19). The Balaban J connectivity index is 2.36. The molecule has 0 heterocycles. The lowest BCUT2D eigenvalue weighted by atomic mass is 9.96. The average molecular weight is 256 g/mol. The van der Waals surface area contributed by atoms with Crippen LogP contribution >= 0.6 is 0 Å². The van der Waals surface area contributed by atoms with Crippen molar-refractivity contribution in [3.05, 3.63) is 47.5 Å². The zero-order valence-electron chi connectivity index (χ0n) is 11.4.